The number of hydrogen-bond donors (Lipinski definition) is 0. The summed E-state index contributed by atoms with van der Waals surface area (Å²) in [5.41, 5.74) is 14.5. The van der Waals surface area contributed by atoms with Gasteiger partial charge in [0, 0.05) is 44.1 Å². The van der Waals surface area contributed by atoms with Crippen LogP contribution >= 0.6 is 0 Å². The molecule has 0 unspecified atom stereocenters. The molecule has 0 amide bonds. The SMILES string of the molecule is CC1(C)c2ccccc2-c2cc(N(c3ccc(C4CCCCCCCCCCC4)cc3)c3c(-c4cccc5c4oc4ccccc45)ccc4ccccc34)ccc21. The molecule has 0 aliphatic heterocycles. The molecule has 2 aliphatic carbocycles. The number of rotatable bonds is 5. The van der Waals surface area contributed by atoms with Crippen LogP contribution in [0.3, 0.4) is 0 Å². The van der Waals surface area contributed by atoms with Crippen molar-refractivity contribution in [3.63, 3.8) is 0 Å². The van der Waals surface area contributed by atoms with Crippen molar-refractivity contribution < 1.29 is 4.42 Å². The predicted octanol–water partition coefficient (Wildman–Crippen LogP) is 16.6. The average molecular weight is 744 g/mol. The Morgan fingerprint density at radius 1 is 0.474 bits per heavy atom. The summed E-state index contributed by atoms with van der Waals surface area (Å²) >= 11 is 0. The summed E-state index contributed by atoms with van der Waals surface area (Å²) in [4.78, 5) is 2.54. The van der Waals surface area contributed by atoms with Gasteiger partial charge < -0.3 is 9.32 Å². The molecule has 7 aromatic carbocycles. The van der Waals surface area contributed by atoms with Crippen molar-refractivity contribution in [2.24, 2.45) is 0 Å². The summed E-state index contributed by atoms with van der Waals surface area (Å²) in [5, 5.41) is 4.73. The number of hydrogen-bond acceptors (Lipinski definition) is 2. The van der Waals surface area contributed by atoms with E-state index in [0.29, 0.717) is 5.92 Å². The summed E-state index contributed by atoms with van der Waals surface area (Å²) < 4.78 is 6.73. The first-order valence-electron chi connectivity index (χ1n) is 21.6. The molecule has 10 rings (SSSR count). The van der Waals surface area contributed by atoms with E-state index in [2.05, 4.69) is 164 Å². The molecule has 1 heterocycles. The maximum atomic E-state index is 6.73. The van der Waals surface area contributed by atoms with Crippen LogP contribution in [0.2, 0.25) is 0 Å². The van der Waals surface area contributed by atoms with Crippen molar-refractivity contribution in [2.45, 2.75) is 95.8 Å². The van der Waals surface area contributed by atoms with E-state index in [-0.39, 0.29) is 5.41 Å². The standard InChI is InChI=1S/C55H53NO/c1-55(2)50-27-16-14-23-44(50)49-37-42(34-36-51(49)55)56(41-32-29-39(30-33-41)38-19-10-8-6-4-3-5-7-9-11-20-38)53-43-22-13-12-21-40(43)31-35-46(53)48-26-18-25-47-45-24-15-17-28-52(45)57-54(47)48/h12-18,21-38H,3-11,19-20H2,1-2H3. The number of para-hydroxylation sites is 2. The lowest BCUT2D eigenvalue weighted by Crippen LogP contribution is -2.16. The van der Waals surface area contributed by atoms with Gasteiger partial charge in [-0.1, -0.05) is 187 Å². The maximum absolute atomic E-state index is 6.73. The van der Waals surface area contributed by atoms with Crippen LogP contribution in [0.4, 0.5) is 17.1 Å². The molecule has 0 N–H and O–H groups in total. The summed E-state index contributed by atoms with van der Waals surface area (Å²) in [6, 6.07) is 54.4. The fourth-order valence-electron chi connectivity index (χ4n) is 10.3. The van der Waals surface area contributed by atoms with Crippen molar-refractivity contribution in [3.05, 3.63) is 162 Å². The zero-order valence-electron chi connectivity index (χ0n) is 33.6. The molecule has 1 aromatic heterocycles. The molecule has 2 heteroatoms. The molecule has 2 aliphatic rings. The minimum atomic E-state index is -0.0634. The van der Waals surface area contributed by atoms with E-state index in [1.54, 1.807) is 0 Å². The van der Waals surface area contributed by atoms with E-state index in [1.165, 1.54) is 121 Å². The quantitative estimate of drug-likeness (QED) is 0.175. The van der Waals surface area contributed by atoms with Crippen LogP contribution in [0.15, 0.2) is 150 Å². The summed E-state index contributed by atoms with van der Waals surface area (Å²) in [6.07, 6.45) is 15.0. The Kier molecular flexibility index (Phi) is 9.45. The largest absolute Gasteiger partial charge is 0.455 e. The first-order valence-corrected chi connectivity index (χ1v) is 21.6. The van der Waals surface area contributed by atoms with E-state index in [0.717, 1.165) is 38.8 Å². The van der Waals surface area contributed by atoms with Gasteiger partial charge in [-0.2, -0.15) is 0 Å². The van der Waals surface area contributed by atoms with Gasteiger partial charge in [-0.05, 0) is 82.3 Å². The molecule has 1 saturated carbocycles. The number of anilines is 3. The van der Waals surface area contributed by atoms with Gasteiger partial charge in [-0.25, -0.2) is 0 Å². The third-order valence-electron chi connectivity index (χ3n) is 13.4. The second-order valence-corrected chi connectivity index (χ2v) is 17.2. The van der Waals surface area contributed by atoms with Crippen molar-refractivity contribution in [2.75, 3.05) is 4.90 Å². The number of furan rings is 1. The Bertz CT molecular complexity index is 2700. The van der Waals surface area contributed by atoms with E-state index in [9.17, 15) is 0 Å². The fourth-order valence-corrected chi connectivity index (χ4v) is 10.3. The van der Waals surface area contributed by atoms with Crippen LogP contribution in [0.25, 0.3) is 55.0 Å². The highest BCUT2D eigenvalue weighted by molar-refractivity contribution is 6.14. The molecule has 0 saturated heterocycles. The lowest BCUT2D eigenvalue weighted by atomic mass is 9.82. The monoisotopic (exact) mass is 743 g/mol. The Hall–Kier alpha value is -5.60. The third kappa shape index (κ3) is 6.44. The van der Waals surface area contributed by atoms with Crippen LogP contribution in [0, 0.1) is 0 Å². The van der Waals surface area contributed by atoms with Crippen molar-refractivity contribution in [1.29, 1.82) is 0 Å². The molecule has 2 nitrogen and oxygen atoms in total. The third-order valence-corrected chi connectivity index (χ3v) is 13.4. The van der Waals surface area contributed by atoms with Crippen LogP contribution < -0.4 is 4.90 Å². The highest BCUT2D eigenvalue weighted by Gasteiger charge is 2.36. The molecule has 57 heavy (non-hydrogen) atoms. The Labute approximate surface area is 338 Å². The fraction of sp³-hybridized carbons (Fsp3) is 0.273. The highest BCUT2D eigenvalue weighted by Crippen LogP contribution is 2.53. The van der Waals surface area contributed by atoms with E-state index in [4.69, 9.17) is 4.42 Å². The van der Waals surface area contributed by atoms with Gasteiger partial charge in [0.25, 0.3) is 0 Å². The normalized spacial score (nSPS) is 16.2. The van der Waals surface area contributed by atoms with Crippen molar-refractivity contribution >= 4 is 49.8 Å². The molecule has 0 bridgehead atoms. The number of benzene rings is 7. The second-order valence-electron chi connectivity index (χ2n) is 17.2. The van der Waals surface area contributed by atoms with Gasteiger partial charge in [-0.3, -0.25) is 0 Å². The Morgan fingerprint density at radius 3 is 1.88 bits per heavy atom. The molecule has 1 fully saturated rings. The minimum Gasteiger partial charge on any atom is -0.455 e. The van der Waals surface area contributed by atoms with Crippen LogP contribution in [-0.4, -0.2) is 0 Å². The highest BCUT2D eigenvalue weighted by atomic mass is 16.3. The molecule has 8 aromatic rings. The van der Waals surface area contributed by atoms with Crippen LogP contribution in [0.1, 0.15) is 107 Å². The van der Waals surface area contributed by atoms with Crippen LogP contribution in [-0.2, 0) is 5.41 Å². The van der Waals surface area contributed by atoms with Gasteiger partial charge in [0.2, 0.25) is 0 Å². The molecular weight excluding hydrogens is 691 g/mol. The van der Waals surface area contributed by atoms with Gasteiger partial charge in [0.1, 0.15) is 11.2 Å². The van der Waals surface area contributed by atoms with Gasteiger partial charge >= 0.3 is 0 Å². The molecule has 0 radical (unpaired) electrons. The van der Waals surface area contributed by atoms with E-state index >= 15 is 0 Å². The summed E-state index contributed by atoms with van der Waals surface area (Å²) in [6.45, 7) is 4.74. The summed E-state index contributed by atoms with van der Waals surface area (Å²) in [5.74, 6) is 0.615. The first kappa shape index (κ1) is 35.8. The molecule has 284 valence electrons. The van der Waals surface area contributed by atoms with E-state index < -0.39 is 0 Å². The van der Waals surface area contributed by atoms with Crippen molar-refractivity contribution in [1.82, 2.24) is 0 Å². The average Bonchev–Trinajstić information content (AvgIpc) is 3.73. The predicted molar refractivity (Wildman–Crippen MR) is 242 cm³/mol. The lowest BCUT2D eigenvalue weighted by molar-refractivity contribution is 0.467. The zero-order chi connectivity index (χ0) is 38.3. The molecule has 0 spiro atoms. The molecule has 0 atom stereocenters. The topological polar surface area (TPSA) is 16.4 Å². The zero-order valence-corrected chi connectivity index (χ0v) is 33.6. The van der Waals surface area contributed by atoms with Gasteiger partial charge in [0.05, 0.1) is 5.69 Å². The van der Waals surface area contributed by atoms with Crippen LogP contribution in [0.5, 0.6) is 0 Å². The minimum absolute atomic E-state index is 0.0634. The number of fused-ring (bicyclic) bond motifs is 7. The van der Waals surface area contributed by atoms with Crippen molar-refractivity contribution in [3.8, 4) is 22.3 Å². The second kappa shape index (κ2) is 15.1. The number of nitrogens with zero attached hydrogens (tertiary/aromatic N) is 1. The smallest absolute Gasteiger partial charge is 0.143 e. The Morgan fingerprint density at radius 2 is 1.09 bits per heavy atom. The Balaban J connectivity index is 1.17. The first-order chi connectivity index (χ1) is 28.1. The van der Waals surface area contributed by atoms with Gasteiger partial charge in [0.15, 0.2) is 0 Å². The van der Waals surface area contributed by atoms with Gasteiger partial charge in [-0.15, -0.1) is 0 Å². The van der Waals surface area contributed by atoms with E-state index in [1.807, 2.05) is 0 Å². The molecular formula is C55H53NO. The summed E-state index contributed by atoms with van der Waals surface area (Å²) in [7, 11) is 0. The maximum Gasteiger partial charge on any atom is 0.143 e. The lowest BCUT2D eigenvalue weighted by Gasteiger charge is -2.31.